The number of hydrogen-bond acceptors (Lipinski definition) is 5. The van der Waals surface area contributed by atoms with Crippen molar-refractivity contribution in [2.24, 2.45) is 5.73 Å². The smallest absolute Gasteiger partial charge is 0.327 e. The van der Waals surface area contributed by atoms with Crippen molar-refractivity contribution in [2.45, 2.75) is 12.5 Å². The first-order valence-corrected chi connectivity index (χ1v) is 6.97. The van der Waals surface area contributed by atoms with E-state index in [1.807, 2.05) is 0 Å². The molecule has 0 aromatic heterocycles. The topological polar surface area (TPSA) is 109 Å². The van der Waals surface area contributed by atoms with Crippen LogP contribution >= 0.6 is 11.8 Å². The van der Waals surface area contributed by atoms with Crippen molar-refractivity contribution in [3.05, 3.63) is 35.9 Å². The van der Waals surface area contributed by atoms with Crippen LogP contribution < -0.4 is 11.1 Å². The molecule has 1 amide bonds. The number of rotatable bonds is 7. The summed E-state index contributed by atoms with van der Waals surface area (Å²) in [6.45, 7) is 0.147. The zero-order chi connectivity index (χ0) is 15.0. The Labute approximate surface area is 120 Å². The lowest BCUT2D eigenvalue weighted by Gasteiger charge is -2.13. The van der Waals surface area contributed by atoms with E-state index in [0.29, 0.717) is 5.56 Å². The molecule has 0 bridgehead atoms. The number of carbonyl (C=O) groups excluding carboxylic acids is 2. The van der Waals surface area contributed by atoms with Gasteiger partial charge in [-0.05, 0) is 0 Å². The molecule has 0 aliphatic rings. The second kappa shape index (κ2) is 8.34. The van der Waals surface area contributed by atoms with Crippen molar-refractivity contribution in [3.63, 3.8) is 0 Å². The van der Waals surface area contributed by atoms with Crippen LogP contribution in [-0.2, 0) is 9.59 Å². The first-order chi connectivity index (χ1) is 9.54. The SMILES string of the molecule is NCCC(=O)NC(CSC(=O)c1ccccc1)C(=O)O. The molecule has 6 nitrogen and oxygen atoms in total. The molecule has 1 unspecified atom stereocenters. The molecule has 0 spiro atoms. The molecular weight excluding hydrogens is 280 g/mol. The van der Waals surface area contributed by atoms with Gasteiger partial charge in [0, 0.05) is 24.3 Å². The van der Waals surface area contributed by atoms with Crippen LogP contribution in [0, 0.1) is 0 Å². The molecular formula is C13H16N2O4S. The molecule has 1 rings (SSSR count). The predicted molar refractivity (Wildman–Crippen MR) is 76.5 cm³/mol. The normalized spacial score (nSPS) is 11.7. The van der Waals surface area contributed by atoms with Crippen LogP contribution in [0.25, 0.3) is 0 Å². The van der Waals surface area contributed by atoms with Crippen molar-refractivity contribution in [1.82, 2.24) is 5.32 Å². The van der Waals surface area contributed by atoms with Gasteiger partial charge in [0.1, 0.15) is 6.04 Å². The summed E-state index contributed by atoms with van der Waals surface area (Å²) in [6.07, 6.45) is 0.0566. The molecule has 1 aromatic carbocycles. The van der Waals surface area contributed by atoms with Gasteiger partial charge in [0.15, 0.2) is 0 Å². The minimum absolute atomic E-state index is 0.0284. The first kappa shape index (κ1) is 16.2. The number of amides is 1. The lowest BCUT2D eigenvalue weighted by Crippen LogP contribution is -2.43. The molecule has 4 N–H and O–H groups in total. The van der Waals surface area contributed by atoms with Gasteiger partial charge >= 0.3 is 5.97 Å². The maximum Gasteiger partial charge on any atom is 0.327 e. The zero-order valence-electron chi connectivity index (χ0n) is 10.7. The predicted octanol–water partition coefficient (Wildman–Crippen LogP) is 0.478. The van der Waals surface area contributed by atoms with Crippen molar-refractivity contribution in [1.29, 1.82) is 0 Å². The molecule has 7 heteroatoms. The Balaban J connectivity index is 2.53. The molecule has 0 fully saturated rings. The van der Waals surface area contributed by atoms with Crippen LogP contribution in [0.4, 0.5) is 0 Å². The van der Waals surface area contributed by atoms with Gasteiger partial charge in [0.05, 0.1) is 0 Å². The number of aliphatic carboxylic acids is 1. The van der Waals surface area contributed by atoms with Gasteiger partial charge in [-0.3, -0.25) is 9.59 Å². The van der Waals surface area contributed by atoms with E-state index in [9.17, 15) is 14.4 Å². The Morgan fingerprint density at radius 3 is 2.45 bits per heavy atom. The van der Waals surface area contributed by atoms with E-state index in [2.05, 4.69) is 5.32 Å². The highest BCUT2D eigenvalue weighted by Gasteiger charge is 2.21. The van der Waals surface area contributed by atoms with Gasteiger partial charge in [-0.15, -0.1) is 0 Å². The molecule has 1 aromatic rings. The van der Waals surface area contributed by atoms with Crippen molar-refractivity contribution in [3.8, 4) is 0 Å². The van der Waals surface area contributed by atoms with E-state index in [-0.39, 0.29) is 23.8 Å². The Morgan fingerprint density at radius 1 is 1.25 bits per heavy atom. The van der Waals surface area contributed by atoms with Gasteiger partial charge in [0.25, 0.3) is 0 Å². The van der Waals surface area contributed by atoms with Crippen molar-refractivity contribution < 1.29 is 19.5 Å². The average Bonchev–Trinajstić information content (AvgIpc) is 2.44. The summed E-state index contributed by atoms with van der Waals surface area (Å²) in [6, 6.07) is 7.44. The molecule has 0 heterocycles. The van der Waals surface area contributed by atoms with E-state index in [4.69, 9.17) is 10.8 Å². The van der Waals surface area contributed by atoms with Gasteiger partial charge in [-0.25, -0.2) is 4.79 Å². The largest absolute Gasteiger partial charge is 0.480 e. The second-order valence-corrected chi connectivity index (χ2v) is 4.95. The summed E-state index contributed by atoms with van der Waals surface area (Å²) in [5, 5.41) is 11.1. The fraction of sp³-hybridized carbons (Fsp3) is 0.308. The maximum atomic E-state index is 11.8. The average molecular weight is 296 g/mol. The third kappa shape index (κ3) is 5.41. The number of benzene rings is 1. The summed E-state index contributed by atoms with van der Waals surface area (Å²) in [7, 11) is 0. The molecule has 0 aliphatic heterocycles. The molecule has 0 radical (unpaired) electrons. The van der Waals surface area contributed by atoms with Gasteiger partial charge in [0.2, 0.25) is 11.0 Å². The Hall–Kier alpha value is -1.86. The minimum atomic E-state index is -1.18. The highest BCUT2D eigenvalue weighted by atomic mass is 32.2. The highest BCUT2D eigenvalue weighted by molar-refractivity contribution is 8.14. The number of carboxylic acid groups (broad SMARTS) is 1. The summed E-state index contributed by atoms with van der Waals surface area (Å²) >= 11 is 0.860. The van der Waals surface area contributed by atoms with E-state index < -0.39 is 17.9 Å². The molecule has 0 aliphatic carbocycles. The third-order valence-electron chi connectivity index (χ3n) is 2.40. The zero-order valence-corrected chi connectivity index (χ0v) is 11.6. The van der Waals surface area contributed by atoms with E-state index in [1.165, 1.54) is 0 Å². The van der Waals surface area contributed by atoms with E-state index in [1.54, 1.807) is 30.3 Å². The first-order valence-electron chi connectivity index (χ1n) is 5.99. The maximum absolute atomic E-state index is 11.8. The Bertz CT molecular complexity index is 479. The number of carbonyl (C=O) groups is 3. The summed E-state index contributed by atoms with van der Waals surface area (Å²) in [4.78, 5) is 34.2. The van der Waals surface area contributed by atoms with Crippen LogP contribution in [0.15, 0.2) is 30.3 Å². The summed E-state index contributed by atoms with van der Waals surface area (Å²) < 4.78 is 0. The number of nitrogens with two attached hydrogens (primary N) is 1. The Morgan fingerprint density at radius 2 is 1.90 bits per heavy atom. The molecule has 0 saturated heterocycles. The minimum Gasteiger partial charge on any atom is -0.480 e. The summed E-state index contributed by atoms with van der Waals surface area (Å²) in [5.74, 6) is -1.64. The highest BCUT2D eigenvalue weighted by Crippen LogP contribution is 2.13. The van der Waals surface area contributed by atoms with E-state index >= 15 is 0 Å². The number of carboxylic acids is 1. The van der Waals surface area contributed by atoms with Crippen molar-refractivity contribution in [2.75, 3.05) is 12.3 Å². The van der Waals surface area contributed by atoms with Gasteiger partial charge in [-0.2, -0.15) is 0 Å². The number of nitrogens with one attached hydrogen (secondary N) is 1. The monoisotopic (exact) mass is 296 g/mol. The fourth-order valence-electron chi connectivity index (χ4n) is 1.39. The fourth-order valence-corrected chi connectivity index (χ4v) is 2.24. The molecule has 1 atom stereocenters. The quantitative estimate of drug-likeness (QED) is 0.675. The van der Waals surface area contributed by atoms with Crippen LogP contribution in [0.2, 0.25) is 0 Å². The second-order valence-electron chi connectivity index (χ2n) is 3.96. The lowest BCUT2D eigenvalue weighted by molar-refractivity contribution is -0.141. The molecule has 20 heavy (non-hydrogen) atoms. The van der Waals surface area contributed by atoms with Crippen LogP contribution in [0.1, 0.15) is 16.8 Å². The number of hydrogen-bond donors (Lipinski definition) is 3. The Kier molecular flexibility index (Phi) is 6.75. The molecule has 108 valence electrons. The van der Waals surface area contributed by atoms with Crippen LogP contribution in [-0.4, -0.2) is 40.4 Å². The van der Waals surface area contributed by atoms with Crippen molar-refractivity contribution >= 4 is 28.8 Å². The van der Waals surface area contributed by atoms with Crippen LogP contribution in [0.3, 0.4) is 0 Å². The van der Waals surface area contributed by atoms with Gasteiger partial charge in [-0.1, -0.05) is 42.1 Å². The van der Waals surface area contributed by atoms with Crippen LogP contribution in [0.5, 0.6) is 0 Å². The number of thioether (sulfide) groups is 1. The lowest BCUT2D eigenvalue weighted by atomic mass is 10.2. The molecule has 0 saturated carbocycles. The standard InChI is InChI=1S/C13H16N2O4S/c14-7-6-11(16)15-10(12(17)18)8-20-13(19)9-4-2-1-3-5-9/h1-5,10H,6-8,14H2,(H,15,16)(H,17,18). The van der Waals surface area contributed by atoms with Gasteiger partial charge < -0.3 is 16.2 Å². The van der Waals surface area contributed by atoms with E-state index in [0.717, 1.165) is 11.8 Å². The third-order valence-corrected chi connectivity index (χ3v) is 3.39. The summed E-state index contributed by atoms with van der Waals surface area (Å²) in [5.41, 5.74) is 5.71.